The van der Waals surface area contributed by atoms with Crippen LogP contribution in [0.15, 0.2) is 10.5 Å². The lowest BCUT2D eigenvalue weighted by molar-refractivity contribution is -0.156. The highest BCUT2D eigenvalue weighted by Crippen LogP contribution is 2.43. The third-order valence-electron chi connectivity index (χ3n) is 5.85. The predicted molar refractivity (Wildman–Crippen MR) is 99.2 cm³/mol. The van der Waals surface area contributed by atoms with Crippen LogP contribution >= 0.6 is 0 Å². The Kier molecular flexibility index (Phi) is 5.50. The van der Waals surface area contributed by atoms with Crippen LogP contribution in [-0.2, 0) is 6.18 Å². The molecule has 0 aliphatic carbocycles. The number of nitrogens with two attached hydrogens (primary N) is 1. The zero-order valence-electron chi connectivity index (χ0n) is 16.4. The number of halogens is 6. The van der Waals surface area contributed by atoms with E-state index >= 15 is 0 Å². The van der Waals surface area contributed by atoms with Crippen LogP contribution in [0, 0.1) is 0 Å². The molecular weight excluding hydrogens is 428 g/mol. The number of fused-ring (bicyclic) bond motifs is 7. The summed E-state index contributed by atoms with van der Waals surface area (Å²) in [5.74, 6) is -3.32. The van der Waals surface area contributed by atoms with E-state index in [-0.39, 0.29) is 30.4 Å². The number of pyridine rings is 1. The van der Waals surface area contributed by atoms with Gasteiger partial charge in [0.15, 0.2) is 5.69 Å². The Hall–Kier alpha value is -2.53. The van der Waals surface area contributed by atoms with Crippen LogP contribution in [0.4, 0.5) is 37.8 Å². The van der Waals surface area contributed by atoms with Crippen LogP contribution in [0.3, 0.4) is 0 Å². The quantitative estimate of drug-likeness (QED) is 0.549. The van der Waals surface area contributed by atoms with Crippen molar-refractivity contribution in [3.8, 4) is 11.6 Å². The Bertz CT molecular complexity index is 941. The molecule has 0 radical (unpaired) electrons. The van der Waals surface area contributed by atoms with E-state index in [1.807, 2.05) is 0 Å². The first-order valence-corrected chi connectivity index (χ1v) is 10.1. The van der Waals surface area contributed by atoms with E-state index in [0.717, 1.165) is 6.07 Å². The van der Waals surface area contributed by atoms with E-state index in [0.29, 0.717) is 38.6 Å². The number of nitrogen functional groups attached to an aromatic ring is 1. The van der Waals surface area contributed by atoms with E-state index < -0.39 is 41.3 Å². The van der Waals surface area contributed by atoms with Gasteiger partial charge in [-0.15, -0.1) is 10.2 Å². The van der Waals surface area contributed by atoms with Crippen LogP contribution in [0.2, 0.25) is 0 Å². The largest absolute Gasteiger partial charge is 0.420 e. The number of hydrogen-bond acceptors (Lipinski definition) is 6. The van der Waals surface area contributed by atoms with E-state index in [4.69, 9.17) is 10.2 Å². The highest BCUT2D eigenvalue weighted by atomic mass is 19.4. The van der Waals surface area contributed by atoms with Crippen molar-refractivity contribution < 1.29 is 30.8 Å². The molecule has 31 heavy (non-hydrogen) atoms. The number of nitrogens with zero attached hydrogens (tertiary/aromatic N) is 4. The van der Waals surface area contributed by atoms with Gasteiger partial charge < -0.3 is 15.1 Å². The molecule has 0 saturated carbocycles. The number of hydrogen-bond donors (Lipinski definition) is 1. The van der Waals surface area contributed by atoms with Crippen molar-refractivity contribution in [1.82, 2.24) is 15.2 Å². The van der Waals surface area contributed by atoms with Gasteiger partial charge in [0.2, 0.25) is 5.89 Å². The molecular formula is C19H21F6N5O. The van der Waals surface area contributed by atoms with Crippen molar-refractivity contribution in [1.29, 1.82) is 0 Å². The van der Waals surface area contributed by atoms with Gasteiger partial charge in [0.25, 0.3) is 5.89 Å². The summed E-state index contributed by atoms with van der Waals surface area (Å²) < 4.78 is 87.1. The summed E-state index contributed by atoms with van der Waals surface area (Å²) in [5, 5.41) is 7.14. The Labute approximate surface area is 173 Å². The minimum atomic E-state index is -4.70. The molecule has 0 amide bonds. The highest BCUT2D eigenvalue weighted by molar-refractivity contribution is 5.71. The fourth-order valence-corrected chi connectivity index (χ4v) is 4.34. The molecule has 2 aliphatic rings. The molecule has 0 spiro atoms. The van der Waals surface area contributed by atoms with Crippen LogP contribution in [-0.4, -0.2) is 33.9 Å². The van der Waals surface area contributed by atoms with Gasteiger partial charge in [-0.2, -0.15) is 26.3 Å². The van der Waals surface area contributed by atoms with Gasteiger partial charge in [-0.25, -0.2) is 4.98 Å². The second kappa shape index (κ2) is 7.86. The zero-order chi connectivity index (χ0) is 22.4. The number of alkyl halides is 6. The first-order valence-electron chi connectivity index (χ1n) is 10.1. The molecule has 4 heterocycles. The number of anilines is 2. The van der Waals surface area contributed by atoms with Gasteiger partial charge >= 0.3 is 12.4 Å². The normalized spacial score (nSPS) is 22.8. The average molecular weight is 449 g/mol. The molecule has 2 atom stereocenters. The molecule has 1 unspecified atom stereocenters. The lowest BCUT2D eigenvalue weighted by Crippen LogP contribution is -2.32. The first kappa shape index (κ1) is 21.7. The molecule has 170 valence electrons. The minimum absolute atomic E-state index is 0.176. The lowest BCUT2D eigenvalue weighted by Gasteiger charge is -2.29. The van der Waals surface area contributed by atoms with Gasteiger partial charge in [0, 0.05) is 12.6 Å². The highest BCUT2D eigenvalue weighted by Gasteiger charge is 2.44. The van der Waals surface area contributed by atoms with Crippen molar-refractivity contribution in [2.75, 3.05) is 17.2 Å². The Morgan fingerprint density at radius 3 is 2.39 bits per heavy atom. The van der Waals surface area contributed by atoms with Gasteiger partial charge in [-0.1, -0.05) is 19.3 Å². The van der Waals surface area contributed by atoms with Crippen molar-refractivity contribution in [3.63, 3.8) is 0 Å². The molecule has 4 rings (SSSR count). The minimum Gasteiger partial charge on any atom is -0.419 e. The summed E-state index contributed by atoms with van der Waals surface area (Å²) >= 11 is 0. The second-order valence-electron chi connectivity index (χ2n) is 7.96. The summed E-state index contributed by atoms with van der Waals surface area (Å²) in [7, 11) is 0. The third-order valence-corrected chi connectivity index (χ3v) is 5.85. The lowest BCUT2D eigenvalue weighted by atomic mass is 9.98. The van der Waals surface area contributed by atoms with E-state index in [2.05, 4.69) is 15.2 Å². The maximum atomic E-state index is 13.7. The zero-order valence-corrected chi connectivity index (χ0v) is 16.4. The summed E-state index contributed by atoms with van der Waals surface area (Å²) in [5.41, 5.74) is 4.17. The molecule has 2 aliphatic heterocycles. The standard InChI is InChI=1S/C19H21F6N5O/c20-18(21,22)11-7-3-1-2-5-10-6-4-8-30(10)15-12(19(23,24)25)9-13(26)14(27-15)17-29-28-16(11)31-17/h9-11H,1-8,26H2/t10-,11?/m1/s1. The maximum absolute atomic E-state index is 13.7. The summed E-state index contributed by atoms with van der Waals surface area (Å²) in [4.78, 5) is 5.72. The first-order chi connectivity index (χ1) is 14.6. The predicted octanol–water partition coefficient (Wildman–Crippen LogP) is 5.31. The Morgan fingerprint density at radius 2 is 1.68 bits per heavy atom. The molecule has 1 saturated heterocycles. The van der Waals surface area contributed by atoms with Gasteiger partial charge in [-0.3, -0.25) is 0 Å². The summed E-state index contributed by atoms with van der Waals surface area (Å²) in [6, 6.07) is 0.564. The van der Waals surface area contributed by atoms with Crippen molar-refractivity contribution in [3.05, 3.63) is 17.5 Å². The molecule has 2 aromatic heterocycles. The van der Waals surface area contributed by atoms with Crippen LogP contribution in [0.5, 0.6) is 0 Å². The molecule has 2 aromatic rings. The van der Waals surface area contributed by atoms with E-state index in [9.17, 15) is 26.3 Å². The monoisotopic (exact) mass is 449 g/mol. The maximum Gasteiger partial charge on any atom is 0.420 e. The molecule has 0 aromatic carbocycles. The fraction of sp³-hybridized carbons (Fsp3) is 0.632. The summed E-state index contributed by atoms with van der Waals surface area (Å²) in [6.45, 7) is 0.398. The SMILES string of the molecule is Nc1cc(C(F)(F)F)c2nc1-c1nnc(o1)C(C(F)(F)F)CCCCC[C@@H]1CCCN21. The van der Waals surface area contributed by atoms with Crippen LogP contribution < -0.4 is 10.6 Å². The molecule has 1 fully saturated rings. The number of aromatic nitrogens is 3. The number of rotatable bonds is 0. The van der Waals surface area contributed by atoms with Gasteiger partial charge in [-0.05, 0) is 31.7 Å². The fourth-order valence-electron chi connectivity index (χ4n) is 4.34. The average Bonchev–Trinajstić information content (AvgIpc) is 3.31. The van der Waals surface area contributed by atoms with E-state index in [1.54, 1.807) is 4.90 Å². The van der Waals surface area contributed by atoms with Crippen molar-refractivity contribution >= 4 is 11.5 Å². The topological polar surface area (TPSA) is 81.1 Å². The van der Waals surface area contributed by atoms with Gasteiger partial charge in [0.1, 0.15) is 17.3 Å². The van der Waals surface area contributed by atoms with Crippen LogP contribution in [0.1, 0.15) is 62.3 Å². The smallest absolute Gasteiger partial charge is 0.419 e. The molecule has 4 bridgehead atoms. The molecule has 12 heteroatoms. The van der Waals surface area contributed by atoms with Gasteiger partial charge in [0.05, 0.1) is 5.69 Å². The molecule has 2 N–H and O–H groups in total. The van der Waals surface area contributed by atoms with Crippen molar-refractivity contribution in [2.45, 2.75) is 69.3 Å². The van der Waals surface area contributed by atoms with Crippen molar-refractivity contribution in [2.24, 2.45) is 0 Å². The van der Waals surface area contributed by atoms with Crippen LogP contribution in [0.25, 0.3) is 11.6 Å². The second-order valence-corrected chi connectivity index (χ2v) is 7.96. The Balaban J connectivity index is 1.86. The third kappa shape index (κ3) is 4.29. The van der Waals surface area contributed by atoms with E-state index in [1.165, 1.54) is 0 Å². The molecule has 6 nitrogen and oxygen atoms in total. The Morgan fingerprint density at radius 1 is 0.968 bits per heavy atom. The summed E-state index contributed by atoms with van der Waals surface area (Å²) in [6.07, 6.45) is -6.13.